The first-order valence-electron chi connectivity index (χ1n) is 11.6. The first-order chi connectivity index (χ1) is 17.8. The predicted molar refractivity (Wildman–Crippen MR) is 141 cm³/mol. The van der Waals surface area contributed by atoms with E-state index in [0.717, 1.165) is 5.56 Å². The van der Waals surface area contributed by atoms with Gasteiger partial charge in [0.2, 0.25) is 0 Å². The zero-order chi connectivity index (χ0) is 26.5. The van der Waals surface area contributed by atoms with Gasteiger partial charge in [0.25, 0.3) is 5.56 Å². The maximum absolute atomic E-state index is 13.6. The van der Waals surface area contributed by atoms with Gasteiger partial charge in [0, 0.05) is 6.92 Å². The van der Waals surface area contributed by atoms with E-state index in [2.05, 4.69) is 4.99 Å². The molecule has 8 nitrogen and oxygen atoms in total. The fourth-order valence-electron chi connectivity index (χ4n) is 3.95. The van der Waals surface area contributed by atoms with Crippen molar-refractivity contribution in [3.05, 3.63) is 96.7 Å². The number of methoxy groups -OCH3 is 1. The molecule has 0 fully saturated rings. The van der Waals surface area contributed by atoms with Crippen LogP contribution in [0, 0.1) is 0 Å². The molecule has 1 aliphatic rings. The van der Waals surface area contributed by atoms with Gasteiger partial charge < -0.3 is 14.2 Å². The van der Waals surface area contributed by atoms with Gasteiger partial charge in [-0.1, -0.05) is 59.9 Å². The van der Waals surface area contributed by atoms with Gasteiger partial charge >= 0.3 is 11.9 Å². The van der Waals surface area contributed by atoms with Crippen molar-refractivity contribution in [2.75, 3.05) is 13.7 Å². The van der Waals surface area contributed by atoms with Gasteiger partial charge in [-0.25, -0.2) is 9.79 Å². The molecule has 0 aliphatic carbocycles. The molecule has 0 amide bonds. The minimum absolute atomic E-state index is 0.209. The predicted octanol–water partition coefficient (Wildman–Crippen LogP) is 3.40. The van der Waals surface area contributed by atoms with Crippen LogP contribution in [0.4, 0.5) is 0 Å². The number of rotatable bonds is 7. The molecule has 0 radical (unpaired) electrons. The number of ether oxygens (including phenoxy) is 3. The number of fused-ring (bicyclic) bond motifs is 1. The van der Waals surface area contributed by atoms with Crippen molar-refractivity contribution in [3.8, 4) is 11.5 Å². The van der Waals surface area contributed by atoms with Crippen molar-refractivity contribution >= 4 is 35.4 Å². The van der Waals surface area contributed by atoms with Crippen LogP contribution in [0.1, 0.15) is 37.9 Å². The molecular formula is C28H26N2O6S. The van der Waals surface area contributed by atoms with Gasteiger partial charge in [-0.3, -0.25) is 14.2 Å². The lowest BCUT2D eigenvalue weighted by molar-refractivity contribution is -0.139. The number of esters is 2. The van der Waals surface area contributed by atoms with Crippen molar-refractivity contribution in [3.63, 3.8) is 0 Å². The van der Waals surface area contributed by atoms with Gasteiger partial charge in [-0.15, -0.1) is 0 Å². The molecule has 1 aliphatic heterocycles. The number of carbonyl (C=O) groups is 2. The summed E-state index contributed by atoms with van der Waals surface area (Å²) >= 11 is 1.22. The Morgan fingerprint density at radius 1 is 1.11 bits per heavy atom. The molecule has 0 spiro atoms. The second kappa shape index (κ2) is 11.2. The van der Waals surface area contributed by atoms with Crippen LogP contribution >= 0.6 is 11.3 Å². The third-order valence-electron chi connectivity index (χ3n) is 5.57. The molecule has 0 N–H and O–H groups in total. The summed E-state index contributed by atoms with van der Waals surface area (Å²) < 4.78 is 17.7. The van der Waals surface area contributed by atoms with Crippen molar-refractivity contribution in [1.29, 1.82) is 0 Å². The van der Waals surface area contributed by atoms with E-state index in [-0.39, 0.29) is 17.9 Å². The van der Waals surface area contributed by atoms with Crippen LogP contribution in [0.5, 0.6) is 11.5 Å². The van der Waals surface area contributed by atoms with Gasteiger partial charge in [-0.05, 0) is 43.2 Å². The van der Waals surface area contributed by atoms with E-state index in [0.29, 0.717) is 31.9 Å². The van der Waals surface area contributed by atoms with Gasteiger partial charge in [0.15, 0.2) is 16.3 Å². The molecular weight excluding hydrogens is 492 g/mol. The largest absolute Gasteiger partial charge is 0.493 e. The van der Waals surface area contributed by atoms with Crippen molar-refractivity contribution in [2.24, 2.45) is 4.99 Å². The fourth-order valence-corrected chi connectivity index (χ4v) is 5.00. The number of allylic oxidation sites excluding steroid dienone is 2. The summed E-state index contributed by atoms with van der Waals surface area (Å²) in [4.78, 5) is 42.9. The quantitative estimate of drug-likeness (QED) is 0.351. The van der Waals surface area contributed by atoms with Gasteiger partial charge in [0.05, 0.1) is 35.6 Å². The molecule has 9 heteroatoms. The van der Waals surface area contributed by atoms with Crippen LogP contribution in [-0.2, 0) is 14.3 Å². The van der Waals surface area contributed by atoms with Crippen molar-refractivity contribution < 1.29 is 23.8 Å². The first-order valence-corrected chi connectivity index (χ1v) is 12.4. The third-order valence-corrected chi connectivity index (χ3v) is 6.55. The Balaban J connectivity index is 1.83. The highest BCUT2D eigenvalue weighted by molar-refractivity contribution is 7.07. The summed E-state index contributed by atoms with van der Waals surface area (Å²) in [5, 5.41) is 0. The lowest BCUT2D eigenvalue weighted by Gasteiger charge is -2.21. The standard InChI is InChI=1S/C28H26N2O6S/c1-5-35-27(33)25-17(2)29-28-30(21(25)13-11-19-9-7-6-8-10-19)26(32)24(37-28)16-20-12-14-22(36-18(3)31)23(15-20)34-4/h6-16,21H,5H2,1-4H3. The average molecular weight is 519 g/mol. The highest BCUT2D eigenvalue weighted by Crippen LogP contribution is 2.29. The molecule has 2 aromatic carbocycles. The van der Waals surface area contributed by atoms with Gasteiger partial charge in [0.1, 0.15) is 0 Å². The second-order valence-electron chi connectivity index (χ2n) is 8.12. The van der Waals surface area contributed by atoms with Crippen LogP contribution in [0.25, 0.3) is 12.2 Å². The molecule has 3 aromatic rings. The summed E-state index contributed by atoms with van der Waals surface area (Å²) in [5.74, 6) is -0.322. The van der Waals surface area contributed by atoms with E-state index in [4.69, 9.17) is 14.2 Å². The number of nitrogens with zero attached hydrogens (tertiary/aromatic N) is 2. The Kier molecular flexibility index (Phi) is 7.83. The molecule has 0 bridgehead atoms. The molecule has 4 rings (SSSR count). The third kappa shape index (κ3) is 5.62. The molecule has 2 heterocycles. The molecule has 0 saturated carbocycles. The summed E-state index contributed by atoms with van der Waals surface area (Å²) in [5.41, 5.74) is 2.14. The average Bonchev–Trinajstić information content (AvgIpc) is 3.17. The summed E-state index contributed by atoms with van der Waals surface area (Å²) in [7, 11) is 1.47. The molecule has 1 atom stereocenters. The van der Waals surface area contributed by atoms with E-state index >= 15 is 0 Å². The molecule has 190 valence electrons. The summed E-state index contributed by atoms with van der Waals surface area (Å²) in [6.07, 6.45) is 5.40. The molecule has 1 aromatic heterocycles. The van der Waals surface area contributed by atoms with Gasteiger partial charge in [-0.2, -0.15) is 0 Å². The number of carbonyl (C=O) groups excluding carboxylic acids is 2. The zero-order valence-electron chi connectivity index (χ0n) is 20.9. The van der Waals surface area contributed by atoms with Crippen LogP contribution < -0.4 is 24.4 Å². The smallest absolute Gasteiger partial charge is 0.338 e. The fraction of sp³-hybridized carbons (Fsp3) is 0.214. The number of thiazole rings is 1. The maximum Gasteiger partial charge on any atom is 0.338 e. The number of aromatic nitrogens is 1. The Hall–Kier alpha value is -4.24. The van der Waals surface area contributed by atoms with Crippen molar-refractivity contribution in [1.82, 2.24) is 4.57 Å². The minimum Gasteiger partial charge on any atom is -0.493 e. The number of benzene rings is 2. The first kappa shape index (κ1) is 25.8. The van der Waals surface area contributed by atoms with Crippen LogP contribution in [0.2, 0.25) is 0 Å². The minimum atomic E-state index is -0.682. The Labute approximate surface area is 217 Å². The Morgan fingerprint density at radius 2 is 1.86 bits per heavy atom. The lowest BCUT2D eigenvalue weighted by Crippen LogP contribution is -2.38. The monoisotopic (exact) mass is 518 g/mol. The van der Waals surface area contributed by atoms with E-state index in [1.807, 2.05) is 42.5 Å². The highest BCUT2D eigenvalue weighted by atomic mass is 32.1. The normalized spacial score (nSPS) is 15.4. The maximum atomic E-state index is 13.6. The van der Waals surface area contributed by atoms with Crippen LogP contribution in [0.15, 0.2) is 75.7 Å². The zero-order valence-corrected chi connectivity index (χ0v) is 21.7. The Bertz CT molecular complexity index is 1580. The highest BCUT2D eigenvalue weighted by Gasteiger charge is 2.30. The van der Waals surface area contributed by atoms with E-state index in [1.54, 1.807) is 38.1 Å². The number of hydrogen-bond acceptors (Lipinski definition) is 8. The molecule has 1 unspecified atom stereocenters. The molecule has 0 saturated heterocycles. The van der Waals surface area contributed by atoms with Crippen molar-refractivity contribution in [2.45, 2.75) is 26.8 Å². The second-order valence-corrected chi connectivity index (χ2v) is 9.13. The van der Waals surface area contributed by atoms with Crippen LogP contribution in [0.3, 0.4) is 0 Å². The summed E-state index contributed by atoms with van der Waals surface area (Å²) in [6, 6.07) is 14.0. The van der Waals surface area contributed by atoms with E-state index in [1.165, 1.54) is 29.9 Å². The topological polar surface area (TPSA) is 96.2 Å². The van der Waals surface area contributed by atoms with Crippen LogP contribution in [-0.4, -0.2) is 30.2 Å². The SMILES string of the molecule is CCOC(=O)C1=C(C)N=c2sc(=Cc3ccc(OC(C)=O)c(OC)c3)c(=O)n2C1C=Cc1ccccc1. The van der Waals surface area contributed by atoms with E-state index < -0.39 is 18.0 Å². The lowest BCUT2D eigenvalue weighted by atomic mass is 10.0. The Morgan fingerprint density at radius 3 is 2.54 bits per heavy atom. The summed E-state index contributed by atoms with van der Waals surface area (Å²) in [6.45, 7) is 4.99. The molecule has 37 heavy (non-hydrogen) atoms. The van der Waals surface area contributed by atoms with E-state index in [9.17, 15) is 14.4 Å². The number of hydrogen-bond donors (Lipinski definition) is 0.